The van der Waals surface area contributed by atoms with E-state index in [0.717, 1.165) is 22.2 Å². The van der Waals surface area contributed by atoms with E-state index in [4.69, 9.17) is 33.9 Å². The Labute approximate surface area is 413 Å². The van der Waals surface area contributed by atoms with E-state index >= 15 is 0 Å². The van der Waals surface area contributed by atoms with Gasteiger partial charge < -0.3 is 54.9 Å². The molecule has 3 aliphatic rings. The smallest absolute Gasteiger partial charge is 0.478 e. The molecule has 0 bridgehead atoms. The number of aromatic carboxylic acids is 1. The number of nitrogens with zero attached hydrogens (tertiary/aromatic N) is 5. The van der Waals surface area contributed by atoms with Gasteiger partial charge in [-0.05, 0) is 82.5 Å². The number of carboxylic acid groups (broad SMARTS) is 1. The zero-order valence-corrected chi connectivity index (χ0v) is 43.2. The number of aryl methyl sites for hydroxylation is 2. The Morgan fingerprint density at radius 3 is 2.45 bits per heavy atom. The molecule has 2 aromatic heterocycles. The van der Waals surface area contributed by atoms with E-state index in [0.29, 0.717) is 52.2 Å². The first-order chi connectivity index (χ1) is 33.4. The highest BCUT2D eigenvalue weighted by Crippen LogP contribution is 2.66. The van der Waals surface area contributed by atoms with Gasteiger partial charge in [0.2, 0.25) is 0 Å². The number of nitrogens with one attached hydrogen (secondary N) is 2. The first kappa shape index (κ1) is 54.0. The van der Waals surface area contributed by atoms with Gasteiger partial charge in [-0.15, -0.1) is 0 Å². The summed E-state index contributed by atoms with van der Waals surface area (Å²) in [7, 11) is -14.3. The fourth-order valence-corrected chi connectivity index (χ4v) is 13.0. The van der Waals surface area contributed by atoms with Crippen molar-refractivity contribution in [2.24, 2.45) is 4.99 Å². The van der Waals surface area contributed by atoms with Crippen LogP contribution in [0.4, 0.5) is 11.5 Å². The second-order valence-electron chi connectivity index (χ2n) is 16.6. The standard InChI is InChI=1S/C42H51N8O16P3S2/c1-7-44-29-14-31-27(11-22(29)3)36(28-12-23(4)30(45-8-2)15-32(28)63-31)25-10-9-24(13-26(25)41(52)53)40(51)46-18-42(5,6)71-70-21-61-33-16-35(50-20-49-37-38(43)47-19-48-39(37)50)64-34(33)17-62-68(57,58)66-69(59,60)65-67(54,55)56/h9-15,19-20,33-35,44H,7-8,16-18,21H2,1-6H3,(H,46,51)(H,52,53)(H,57,58)(H,59,60)(H2,43,47,48)(H2,54,55,56)/t33-,34?,35-/m1/s1. The predicted octanol–water partition coefficient (Wildman–Crippen LogP) is 7.16. The topological polar surface area (TPSA) is 352 Å². The number of hydrogen-bond acceptors (Lipinski definition) is 19. The van der Waals surface area contributed by atoms with Crippen LogP contribution >= 0.6 is 45.1 Å². The third-order valence-corrected chi connectivity index (χ3v) is 17.6. The first-order valence-electron chi connectivity index (χ1n) is 21.6. The molecule has 0 saturated carbocycles. The average Bonchev–Trinajstić information content (AvgIpc) is 3.90. The van der Waals surface area contributed by atoms with E-state index in [9.17, 15) is 38.2 Å². The van der Waals surface area contributed by atoms with Gasteiger partial charge in [0, 0.05) is 70.7 Å². The number of carbonyl (C=O) groups is 2. The highest BCUT2D eigenvalue weighted by molar-refractivity contribution is 8.77. The number of hydrogen-bond donors (Lipinski definition) is 8. The van der Waals surface area contributed by atoms with Crippen LogP contribution in [0, 0.1) is 13.8 Å². The van der Waals surface area contributed by atoms with E-state index in [1.165, 1.54) is 44.9 Å². The van der Waals surface area contributed by atoms with Crippen molar-refractivity contribution < 1.29 is 75.0 Å². The van der Waals surface area contributed by atoms with Gasteiger partial charge in [-0.2, -0.15) is 8.62 Å². The minimum Gasteiger partial charge on any atom is -0.478 e. The Balaban J connectivity index is 1.04. The average molecular weight is 1080 g/mol. The molecule has 382 valence electrons. The summed E-state index contributed by atoms with van der Waals surface area (Å²) in [5, 5.41) is 18.4. The SMILES string of the molecule is CCN=c1cc2oc3cc(NCC)c(C)cc3c(-c3ccc(C(=O)NCC(C)(C)SSCO[C@@H]4C[C@H](n5cnc6c(N)ncnc65)OC4COP(=O)(O)OP(=O)(O)OP(=O)(O)O)cc3C(=O)O)c-2cc1C. The second-order valence-corrected chi connectivity index (χ2v) is 24.0. The van der Waals surface area contributed by atoms with Gasteiger partial charge in [0.1, 0.15) is 41.5 Å². The van der Waals surface area contributed by atoms with Crippen molar-refractivity contribution in [3.05, 3.63) is 82.7 Å². The molecule has 1 aliphatic carbocycles. The van der Waals surface area contributed by atoms with Crippen molar-refractivity contribution in [3.63, 3.8) is 0 Å². The van der Waals surface area contributed by atoms with Crippen molar-refractivity contribution >= 4 is 90.6 Å². The summed E-state index contributed by atoms with van der Waals surface area (Å²) in [4.78, 5) is 81.2. The highest BCUT2D eigenvalue weighted by Gasteiger charge is 2.44. The summed E-state index contributed by atoms with van der Waals surface area (Å²) in [5.41, 5.74) is 11.5. The molecular weight excluding hydrogens is 1030 g/mol. The third kappa shape index (κ3) is 13.1. The molecule has 71 heavy (non-hydrogen) atoms. The van der Waals surface area contributed by atoms with Crippen molar-refractivity contribution in [1.82, 2.24) is 24.8 Å². The third-order valence-electron chi connectivity index (χ3n) is 10.8. The number of carboxylic acids is 1. The Kier molecular flexibility index (Phi) is 16.6. The molecular formula is C42H51N8O16P3S2. The van der Waals surface area contributed by atoms with Crippen molar-refractivity contribution in [2.45, 2.75) is 71.1 Å². The molecule has 1 saturated heterocycles. The molecule has 4 heterocycles. The largest absolute Gasteiger partial charge is 0.490 e. The van der Waals surface area contributed by atoms with Crippen molar-refractivity contribution in [1.29, 1.82) is 0 Å². The number of nitrogens with two attached hydrogens (primary N) is 1. The molecule has 4 aromatic rings. The molecule has 2 aliphatic heterocycles. The lowest BCUT2D eigenvalue weighted by Crippen LogP contribution is -2.36. The lowest BCUT2D eigenvalue weighted by atomic mass is 9.88. The van der Waals surface area contributed by atoms with Crippen LogP contribution in [0.5, 0.6) is 0 Å². The molecule has 3 unspecified atom stereocenters. The van der Waals surface area contributed by atoms with Gasteiger partial charge in [-0.25, -0.2) is 33.4 Å². The van der Waals surface area contributed by atoms with Gasteiger partial charge in [0.15, 0.2) is 11.5 Å². The second kappa shape index (κ2) is 21.8. The van der Waals surface area contributed by atoms with Gasteiger partial charge >= 0.3 is 29.4 Å². The lowest BCUT2D eigenvalue weighted by Gasteiger charge is -2.25. The Morgan fingerprint density at radius 1 is 0.986 bits per heavy atom. The van der Waals surface area contributed by atoms with Crippen LogP contribution < -0.4 is 21.7 Å². The summed E-state index contributed by atoms with van der Waals surface area (Å²) in [6.07, 6.45) is -0.151. The Hall–Kier alpha value is -4.75. The zero-order chi connectivity index (χ0) is 51.6. The van der Waals surface area contributed by atoms with Crippen LogP contribution in [0.2, 0.25) is 0 Å². The quantitative estimate of drug-likeness (QED) is 0.0116. The molecule has 5 atom stereocenters. The molecule has 7 rings (SSSR count). The van der Waals surface area contributed by atoms with Gasteiger partial charge in [-0.1, -0.05) is 27.7 Å². The normalized spacial score (nSPS) is 18.5. The first-order valence-corrected chi connectivity index (χ1v) is 28.4. The van der Waals surface area contributed by atoms with E-state index in [-0.39, 0.29) is 41.4 Å². The maximum absolute atomic E-state index is 13.7. The van der Waals surface area contributed by atoms with E-state index in [2.05, 4.69) is 39.2 Å². The summed E-state index contributed by atoms with van der Waals surface area (Å²) in [5.74, 6) is -1.12. The summed E-state index contributed by atoms with van der Waals surface area (Å²) in [6, 6.07) is 12.2. The number of nitrogen functional groups attached to an aromatic ring is 1. The lowest BCUT2D eigenvalue weighted by molar-refractivity contribution is -0.0522. The molecule has 9 N–H and O–H groups in total. The van der Waals surface area contributed by atoms with Gasteiger partial charge in [-0.3, -0.25) is 18.9 Å². The summed E-state index contributed by atoms with van der Waals surface area (Å²) < 4.78 is 67.7. The Bertz CT molecular complexity index is 3190. The number of rotatable bonds is 21. The molecule has 24 nitrogen and oxygen atoms in total. The number of imidazole rings is 1. The van der Waals surface area contributed by atoms with Gasteiger partial charge in [0.05, 0.1) is 30.0 Å². The van der Waals surface area contributed by atoms with Crippen LogP contribution in [0.1, 0.15) is 72.2 Å². The number of phosphoric ester groups is 1. The minimum atomic E-state index is -5.78. The summed E-state index contributed by atoms with van der Waals surface area (Å²) >= 11 is 0. The minimum absolute atomic E-state index is 0.00192. The molecule has 1 amide bonds. The monoisotopic (exact) mass is 1080 g/mol. The van der Waals surface area contributed by atoms with E-state index < -0.39 is 65.1 Å². The maximum atomic E-state index is 13.7. The highest BCUT2D eigenvalue weighted by atomic mass is 33.1. The number of carbonyl (C=O) groups excluding carboxylic acids is 1. The fraction of sp³-hybridized carbons (Fsp3) is 0.381. The number of ether oxygens (including phenoxy) is 2. The molecule has 0 radical (unpaired) electrons. The number of anilines is 2. The molecule has 2 aromatic carbocycles. The molecule has 1 fully saturated rings. The number of benzene rings is 3. The van der Waals surface area contributed by atoms with Crippen LogP contribution in [0.15, 0.2) is 64.5 Å². The number of fused-ring (bicyclic) bond motifs is 3. The van der Waals surface area contributed by atoms with Crippen LogP contribution in [-0.4, -0.2) is 105 Å². The maximum Gasteiger partial charge on any atom is 0.490 e. The van der Waals surface area contributed by atoms with Crippen LogP contribution in [0.3, 0.4) is 0 Å². The zero-order valence-electron chi connectivity index (χ0n) is 38.9. The predicted molar refractivity (Wildman–Crippen MR) is 264 cm³/mol. The summed E-state index contributed by atoms with van der Waals surface area (Å²) in [6.45, 7) is 12.2. The van der Waals surface area contributed by atoms with E-state index in [1.54, 1.807) is 12.1 Å². The fourth-order valence-electron chi connectivity index (χ4n) is 7.75. The Morgan fingerprint density at radius 2 is 1.75 bits per heavy atom. The van der Waals surface area contributed by atoms with Crippen LogP contribution in [-0.2, 0) is 36.3 Å². The number of aromatic nitrogens is 4. The molecule has 29 heteroatoms. The van der Waals surface area contributed by atoms with Crippen LogP contribution in [0.25, 0.3) is 44.6 Å². The molecule has 0 spiro atoms. The van der Waals surface area contributed by atoms with Crippen molar-refractivity contribution in [3.8, 4) is 22.5 Å². The van der Waals surface area contributed by atoms with Gasteiger partial charge in [0.25, 0.3) is 5.91 Å². The van der Waals surface area contributed by atoms with Crippen molar-refractivity contribution in [2.75, 3.05) is 43.2 Å². The number of amides is 1. The van der Waals surface area contributed by atoms with E-state index in [1.807, 2.05) is 65.8 Å². The number of phosphoric acid groups is 3.